The van der Waals surface area contributed by atoms with Crippen molar-refractivity contribution in [1.82, 2.24) is 10.2 Å². The lowest BCUT2D eigenvalue weighted by Gasteiger charge is -2.32. The van der Waals surface area contributed by atoms with Gasteiger partial charge >= 0.3 is 0 Å². The second kappa shape index (κ2) is 9.71. The second-order valence-electron chi connectivity index (χ2n) is 6.96. The third-order valence-corrected chi connectivity index (χ3v) is 5.39. The molecule has 2 amide bonds. The Kier molecular flexibility index (Phi) is 7.05. The molecule has 1 N–H and O–H groups in total. The molecule has 3 rings (SSSR count). The number of nitrogens with zero attached hydrogens (tertiary/aromatic N) is 1. The zero-order valence-corrected chi connectivity index (χ0v) is 18.0. The number of nitrogens with one attached hydrogen (secondary N) is 1. The van der Waals surface area contributed by atoms with Crippen LogP contribution < -0.4 is 19.5 Å². The summed E-state index contributed by atoms with van der Waals surface area (Å²) in [6.07, 6.45) is 1.35. The molecular weight excluding hydrogens is 408 g/mol. The maximum Gasteiger partial charge on any atom is 0.254 e. The molecule has 2 aromatic carbocycles. The van der Waals surface area contributed by atoms with E-state index in [1.807, 2.05) is 0 Å². The normalized spacial score (nSPS) is 14.2. The molecule has 1 aliphatic heterocycles. The molecular formula is C22H25ClN2O5. The third kappa shape index (κ3) is 4.79. The molecule has 0 unspecified atom stereocenters. The average Bonchev–Trinajstić information content (AvgIpc) is 2.78. The fourth-order valence-electron chi connectivity index (χ4n) is 3.48. The number of halogens is 1. The number of likely N-dealkylation sites (tertiary alicyclic amines) is 1. The molecule has 8 heteroatoms. The van der Waals surface area contributed by atoms with Gasteiger partial charge in [0.15, 0.2) is 11.5 Å². The number of carbonyl (C=O) groups excluding carboxylic acids is 2. The predicted octanol–water partition coefficient (Wildman–Crippen LogP) is 3.40. The van der Waals surface area contributed by atoms with E-state index in [9.17, 15) is 9.59 Å². The van der Waals surface area contributed by atoms with Gasteiger partial charge in [-0.1, -0.05) is 11.6 Å². The van der Waals surface area contributed by atoms with Gasteiger partial charge in [-0.3, -0.25) is 9.59 Å². The highest BCUT2D eigenvalue weighted by Crippen LogP contribution is 2.38. The van der Waals surface area contributed by atoms with E-state index in [1.54, 1.807) is 41.3 Å². The van der Waals surface area contributed by atoms with E-state index in [2.05, 4.69) is 5.32 Å². The highest BCUT2D eigenvalue weighted by Gasteiger charge is 2.26. The van der Waals surface area contributed by atoms with Crippen molar-refractivity contribution in [3.63, 3.8) is 0 Å². The molecule has 1 aliphatic rings. The van der Waals surface area contributed by atoms with Crippen LogP contribution >= 0.6 is 11.6 Å². The van der Waals surface area contributed by atoms with Crippen molar-refractivity contribution in [1.29, 1.82) is 0 Å². The lowest BCUT2D eigenvalue weighted by molar-refractivity contribution is 0.0697. The van der Waals surface area contributed by atoms with Crippen LogP contribution in [0.2, 0.25) is 5.02 Å². The molecule has 160 valence electrons. The molecule has 30 heavy (non-hydrogen) atoms. The summed E-state index contributed by atoms with van der Waals surface area (Å²) in [5, 5.41) is 3.62. The highest BCUT2D eigenvalue weighted by atomic mass is 35.5. The molecule has 0 aliphatic carbocycles. The Bertz CT molecular complexity index is 883. The molecule has 0 aromatic heterocycles. The van der Waals surface area contributed by atoms with Crippen LogP contribution in [-0.4, -0.2) is 57.2 Å². The van der Waals surface area contributed by atoms with Crippen LogP contribution in [0.3, 0.4) is 0 Å². The van der Waals surface area contributed by atoms with Crippen LogP contribution in [0.1, 0.15) is 33.6 Å². The minimum atomic E-state index is -0.138. The van der Waals surface area contributed by atoms with Gasteiger partial charge in [-0.25, -0.2) is 0 Å². The van der Waals surface area contributed by atoms with Gasteiger partial charge in [0.1, 0.15) is 0 Å². The largest absolute Gasteiger partial charge is 0.493 e. The Morgan fingerprint density at radius 2 is 1.50 bits per heavy atom. The molecule has 0 spiro atoms. The minimum absolute atomic E-state index is 0.0113. The van der Waals surface area contributed by atoms with Crippen LogP contribution in [-0.2, 0) is 0 Å². The summed E-state index contributed by atoms with van der Waals surface area (Å²) in [6, 6.07) is 10.1. The number of carbonyl (C=O) groups is 2. The molecule has 0 saturated carbocycles. The van der Waals surface area contributed by atoms with Crippen molar-refractivity contribution < 1.29 is 23.8 Å². The molecule has 1 fully saturated rings. The minimum Gasteiger partial charge on any atom is -0.493 e. The molecule has 0 radical (unpaired) electrons. The Morgan fingerprint density at radius 1 is 0.933 bits per heavy atom. The average molecular weight is 433 g/mol. The van der Waals surface area contributed by atoms with Gasteiger partial charge in [-0.15, -0.1) is 0 Å². The number of hydrogen-bond acceptors (Lipinski definition) is 5. The topological polar surface area (TPSA) is 77.1 Å². The maximum atomic E-state index is 13.0. The molecule has 0 atom stereocenters. The molecule has 0 bridgehead atoms. The van der Waals surface area contributed by atoms with E-state index in [0.29, 0.717) is 59.3 Å². The smallest absolute Gasteiger partial charge is 0.254 e. The van der Waals surface area contributed by atoms with E-state index in [-0.39, 0.29) is 17.9 Å². The predicted molar refractivity (Wildman–Crippen MR) is 114 cm³/mol. The van der Waals surface area contributed by atoms with Crippen LogP contribution in [0.25, 0.3) is 0 Å². The second-order valence-corrected chi connectivity index (χ2v) is 7.40. The van der Waals surface area contributed by atoms with E-state index in [0.717, 1.165) is 0 Å². The number of amides is 2. The van der Waals surface area contributed by atoms with Gasteiger partial charge in [-0.2, -0.15) is 0 Å². The number of methoxy groups -OCH3 is 3. The van der Waals surface area contributed by atoms with Crippen LogP contribution in [0.4, 0.5) is 0 Å². The first-order valence-corrected chi connectivity index (χ1v) is 10.00. The van der Waals surface area contributed by atoms with Gasteiger partial charge in [0, 0.05) is 35.3 Å². The van der Waals surface area contributed by atoms with Crippen molar-refractivity contribution in [2.24, 2.45) is 0 Å². The molecule has 7 nitrogen and oxygen atoms in total. The van der Waals surface area contributed by atoms with Crippen LogP contribution in [0.15, 0.2) is 36.4 Å². The zero-order chi connectivity index (χ0) is 21.7. The summed E-state index contributed by atoms with van der Waals surface area (Å²) in [4.78, 5) is 27.1. The van der Waals surface area contributed by atoms with Crippen molar-refractivity contribution in [3.05, 3.63) is 52.5 Å². The lowest BCUT2D eigenvalue weighted by atomic mass is 10.0. The Hall–Kier alpha value is -2.93. The van der Waals surface area contributed by atoms with E-state index in [4.69, 9.17) is 25.8 Å². The third-order valence-electron chi connectivity index (χ3n) is 5.14. The van der Waals surface area contributed by atoms with Gasteiger partial charge in [-0.05, 0) is 49.2 Å². The first-order valence-electron chi connectivity index (χ1n) is 9.62. The summed E-state index contributed by atoms with van der Waals surface area (Å²) >= 11 is 5.87. The van der Waals surface area contributed by atoms with Crippen molar-refractivity contribution in [2.75, 3.05) is 34.4 Å². The SMILES string of the molecule is COc1cc(C(=O)N2CCC(NC(=O)c3ccc(Cl)cc3)CC2)cc(OC)c1OC. The van der Waals surface area contributed by atoms with Gasteiger partial charge < -0.3 is 24.4 Å². The number of benzene rings is 2. The maximum absolute atomic E-state index is 13.0. The fourth-order valence-corrected chi connectivity index (χ4v) is 3.61. The number of ether oxygens (including phenoxy) is 3. The monoisotopic (exact) mass is 432 g/mol. The van der Waals surface area contributed by atoms with Gasteiger partial charge in [0.25, 0.3) is 11.8 Å². The van der Waals surface area contributed by atoms with Crippen molar-refractivity contribution in [2.45, 2.75) is 18.9 Å². The van der Waals surface area contributed by atoms with E-state index in [1.165, 1.54) is 21.3 Å². The van der Waals surface area contributed by atoms with Gasteiger partial charge in [0.2, 0.25) is 5.75 Å². The molecule has 1 saturated heterocycles. The van der Waals surface area contributed by atoms with Crippen molar-refractivity contribution >= 4 is 23.4 Å². The van der Waals surface area contributed by atoms with E-state index < -0.39 is 0 Å². The number of rotatable bonds is 6. The van der Waals surface area contributed by atoms with E-state index >= 15 is 0 Å². The zero-order valence-electron chi connectivity index (χ0n) is 17.2. The summed E-state index contributed by atoms with van der Waals surface area (Å²) < 4.78 is 16.0. The number of piperidine rings is 1. The lowest BCUT2D eigenvalue weighted by Crippen LogP contribution is -2.46. The van der Waals surface area contributed by atoms with Crippen molar-refractivity contribution in [3.8, 4) is 17.2 Å². The Labute approximate surface area is 180 Å². The highest BCUT2D eigenvalue weighted by molar-refractivity contribution is 6.30. The number of hydrogen-bond donors (Lipinski definition) is 1. The quantitative estimate of drug-likeness (QED) is 0.757. The summed E-state index contributed by atoms with van der Waals surface area (Å²) in [6.45, 7) is 1.09. The van der Waals surface area contributed by atoms with Crippen LogP contribution in [0.5, 0.6) is 17.2 Å². The first kappa shape index (κ1) is 21.8. The van der Waals surface area contributed by atoms with Gasteiger partial charge in [0.05, 0.1) is 21.3 Å². The van der Waals surface area contributed by atoms with Crippen LogP contribution in [0, 0.1) is 0 Å². The standard InChI is InChI=1S/C22H25ClN2O5/c1-28-18-12-15(13-19(29-2)20(18)30-3)22(27)25-10-8-17(9-11-25)24-21(26)14-4-6-16(23)7-5-14/h4-7,12-13,17H,8-11H2,1-3H3,(H,24,26). The summed E-state index contributed by atoms with van der Waals surface area (Å²) in [5.41, 5.74) is 1.03. The summed E-state index contributed by atoms with van der Waals surface area (Å²) in [5.74, 6) is 1.06. The molecule has 1 heterocycles. The molecule has 2 aromatic rings. The fraction of sp³-hybridized carbons (Fsp3) is 0.364. The summed E-state index contributed by atoms with van der Waals surface area (Å²) in [7, 11) is 4.55. The first-order chi connectivity index (χ1) is 14.5. The Morgan fingerprint density at radius 3 is 2.00 bits per heavy atom. The Balaban J connectivity index is 1.62.